The van der Waals surface area contributed by atoms with E-state index < -0.39 is 0 Å². The normalized spacial score (nSPS) is 19.8. The number of H-pyrrole nitrogens is 1. The number of methoxy groups -OCH3 is 1. The quantitative estimate of drug-likeness (QED) is 0.230. The smallest absolute Gasteiger partial charge is 0.257 e. The Balaban J connectivity index is 1.22. The highest BCUT2D eigenvalue weighted by Gasteiger charge is 2.43. The molecular formula is C33H35Cl2N7O3. The molecule has 234 valence electrons. The number of tetrazole rings is 1. The predicted molar refractivity (Wildman–Crippen MR) is 172 cm³/mol. The van der Waals surface area contributed by atoms with E-state index in [1.807, 2.05) is 47.4 Å². The number of benzene rings is 3. The van der Waals surface area contributed by atoms with E-state index in [4.69, 9.17) is 27.9 Å². The molecule has 2 N–H and O–H groups in total. The van der Waals surface area contributed by atoms with Crippen LogP contribution in [0.15, 0.2) is 66.7 Å². The first kappa shape index (κ1) is 31.0. The Morgan fingerprint density at radius 1 is 1.00 bits per heavy atom. The van der Waals surface area contributed by atoms with Gasteiger partial charge in [0.25, 0.3) is 5.91 Å². The summed E-state index contributed by atoms with van der Waals surface area (Å²) in [5.74, 6) is 0.843. The van der Waals surface area contributed by atoms with Crippen molar-refractivity contribution >= 4 is 35.5 Å². The first-order chi connectivity index (χ1) is 21.9. The molecule has 0 unspecified atom stereocenters. The van der Waals surface area contributed by atoms with Crippen molar-refractivity contribution in [3.63, 3.8) is 0 Å². The number of hydrogen-bond acceptors (Lipinski definition) is 7. The summed E-state index contributed by atoms with van der Waals surface area (Å²) in [4.78, 5) is 30.0. The van der Waals surface area contributed by atoms with Gasteiger partial charge < -0.3 is 19.9 Å². The third kappa shape index (κ3) is 6.27. The average molecular weight is 649 g/mol. The molecule has 12 heteroatoms. The lowest BCUT2D eigenvalue weighted by Gasteiger charge is -2.43. The van der Waals surface area contributed by atoms with Crippen molar-refractivity contribution < 1.29 is 14.3 Å². The number of hydrogen-bond donors (Lipinski definition) is 2. The van der Waals surface area contributed by atoms with E-state index in [1.54, 1.807) is 19.2 Å². The molecule has 2 aliphatic rings. The van der Waals surface area contributed by atoms with Gasteiger partial charge in [0.1, 0.15) is 5.75 Å². The zero-order valence-corrected chi connectivity index (χ0v) is 26.5. The van der Waals surface area contributed by atoms with E-state index in [2.05, 4.69) is 43.0 Å². The maximum atomic E-state index is 14.1. The molecule has 1 aromatic heterocycles. The van der Waals surface area contributed by atoms with E-state index in [9.17, 15) is 9.59 Å². The fourth-order valence-electron chi connectivity index (χ4n) is 6.85. The van der Waals surface area contributed by atoms with Crippen LogP contribution in [-0.2, 0) is 15.7 Å². The third-order valence-corrected chi connectivity index (χ3v) is 10.2. The van der Waals surface area contributed by atoms with Gasteiger partial charge in [-0.3, -0.25) is 9.59 Å². The molecule has 2 amide bonds. The van der Waals surface area contributed by atoms with Crippen LogP contribution in [0.4, 0.5) is 0 Å². The Morgan fingerprint density at radius 3 is 2.49 bits per heavy atom. The zero-order valence-electron chi connectivity index (χ0n) is 25.0. The number of aromatic nitrogens is 4. The minimum Gasteiger partial charge on any atom is -0.496 e. The number of nitrogens with one attached hydrogen (secondary N) is 2. The second-order valence-corrected chi connectivity index (χ2v) is 12.7. The lowest BCUT2D eigenvalue weighted by molar-refractivity contribution is -0.112. The van der Waals surface area contributed by atoms with Crippen LogP contribution in [0.3, 0.4) is 0 Å². The van der Waals surface area contributed by atoms with Gasteiger partial charge in [0, 0.05) is 37.2 Å². The number of ether oxygens (including phenoxy) is 1. The summed E-state index contributed by atoms with van der Waals surface area (Å²) in [5.41, 5.74) is 2.66. The minimum absolute atomic E-state index is 0.117. The van der Waals surface area contributed by atoms with Crippen LogP contribution in [0, 0.1) is 0 Å². The SMILES string of the molecule is COc1ccc(-c2nnn[nH]2)cc1C(=O)N1CC[C@](CCN2CCC(NC=O)(c3ccccc3)CC2)(c2ccc(Cl)c(Cl)c2)C1. The maximum Gasteiger partial charge on any atom is 0.257 e. The van der Waals surface area contributed by atoms with Crippen molar-refractivity contribution in [3.05, 3.63) is 93.5 Å². The molecule has 45 heavy (non-hydrogen) atoms. The summed E-state index contributed by atoms with van der Waals surface area (Å²) in [6.45, 7) is 3.63. The number of carbonyl (C=O) groups excluding carboxylic acids is 2. The van der Waals surface area contributed by atoms with E-state index >= 15 is 0 Å². The Labute approximate surface area is 272 Å². The number of rotatable bonds is 10. The van der Waals surface area contributed by atoms with Gasteiger partial charge in [-0.15, -0.1) is 5.10 Å². The van der Waals surface area contributed by atoms with Gasteiger partial charge in [0.05, 0.1) is 28.3 Å². The molecule has 0 bridgehead atoms. The van der Waals surface area contributed by atoms with Gasteiger partial charge in [0.15, 0.2) is 5.82 Å². The second kappa shape index (κ2) is 13.2. The standard InChI is InChI=1S/C33H35Cl2N7O3/c1-45-29-10-7-23(30-37-39-40-38-30)19-26(29)31(44)42-18-12-32(21-42,25-8-9-27(34)28(35)20-25)11-15-41-16-13-33(14-17-41,36-22-43)24-5-3-2-4-6-24/h2-10,19-20,22H,11-18,21H2,1H3,(H,36,43)(H,37,38,39,40)/t32-/m0/s1. The van der Waals surface area contributed by atoms with Crippen LogP contribution in [0.2, 0.25) is 10.0 Å². The molecule has 2 aliphatic heterocycles. The Morgan fingerprint density at radius 2 is 1.80 bits per heavy atom. The monoisotopic (exact) mass is 647 g/mol. The van der Waals surface area contributed by atoms with Crippen molar-refractivity contribution in [2.75, 3.05) is 39.8 Å². The van der Waals surface area contributed by atoms with Gasteiger partial charge in [-0.25, -0.2) is 5.10 Å². The number of nitrogens with zero attached hydrogens (tertiary/aromatic N) is 5. The van der Waals surface area contributed by atoms with Crippen molar-refractivity contribution in [3.8, 4) is 17.1 Å². The first-order valence-corrected chi connectivity index (χ1v) is 15.8. The summed E-state index contributed by atoms with van der Waals surface area (Å²) in [5, 5.41) is 18.2. The fourth-order valence-corrected chi connectivity index (χ4v) is 7.14. The van der Waals surface area contributed by atoms with Crippen LogP contribution in [-0.4, -0.2) is 82.6 Å². The van der Waals surface area contributed by atoms with Crippen molar-refractivity contribution in [1.29, 1.82) is 0 Å². The largest absolute Gasteiger partial charge is 0.496 e. The van der Waals surface area contributed by atoms with Crippen LogP contribution in [0.5, 0.6) is 5.75 Å². The molecule has 3 aromatic carbocycles. The topological polar surface area (TPSA) is 116 Å². The number of aromatic amines is 1. The van der Waals surface area contributed by atoms with Crippen molar-refractivity contribution in [2.45, 2.75) is 36.6 Å². The fraction of sp³-hybridized carbons (Fsp3) is 0.364. The maximum absolute atomic E-state index is 14.1. The summed E-state index contributed by atoms with van der Waals surface area (Å²) in [6, 6.07) is 21.4. The number of amides is 2. The molecule has 0 radical (unpaired) electrons. The summed E-state index contributed by atoms with van der Waals surface area (Å²) >= 11 is 12.8. The molecule has 6 rings (SSSR count). The molecule has 2 saturated heterocycles. The Kier molecular flexibility index (Phi) is 9.07. The molecule has 10 nitrogen and oxygen atoms in total. The van der Waals surface area contributed by atoms with E-state index in [1.165, 1.54) is 0 Å². The highest BCUT2D eigenvalue weighted by atomic mass is 35.5. The minimum atomic E-state index is -0.368. The predicted octanol–water partition coefficient (Wildman–Crippen LogP) is 5.09. The van der Waals surface area contributed by atoms with E-state index in [0.29, 0.717) is 45.8 Å². The zero-order chi connectivity index (χ0) is 31.4. The van der Waals surface area contributed by atoms with Crippen molar-refractivity contribution in [2.24, 2.45) is 0 Å². The second-order valence-electron chi connectivity index (χ2n) is 11.9. The third-order valence-electron chi connectivity index (χ3n) is 9.50. The summed E-state index contributed by atoms with van der Waals surface area (Å²) < 4.78 is 5.58. The van der Waals surface area contributed by atoms with Crippen LogP contribution in [0.1, 0.15) is 47.2 Å². The molecule has 0 aliphatic carbocycles. The molecule has 2 fully saturated rings. The van der Waals surface area contributed by atoms with Crippen LogP contribution in [0.25, 0.3) is 11.4 Å². The van der Waals surface area contributed by atoms with Gasteiger partial charge in [-0.1, -0.05) is 59.6 Å². The average Bonchev–Trinajstić information content (AvgIpc) is 3.78. The number of carbonyl (C=O) groups is 2. The number of halogens is 2. The summed E-state index contributed by atoms with van der Waals surface area (Å²) in [6.07, 6.45) is 4.06. The highest BCUT2D eigenvalue weighted by molar-refractivity contribution is 6.42. The molecule has 4 aromatic rings. The van der Waals surface area contributed by atoms with E-state index in [-0.39, 0.29) is 16.9 Å². The Bertz CT molecular complexity index is 1650. The number of piperidine rings is 1. The highest BCUT2D eigenvalue weighted by Crippen LogP contribution is 2.42. The van der Waals surface area contributed by atoms with Gasteiger partial charge in [-0.05, 0) is 84.1 Å². The van der Waals surface area contributed by atoms with Crippen LogP contribution < -0.4 is 10.1 Å². The Hall–Kier alpha value is -3.99. The van der Waals surface area contributed by atoms with Gasteiger partial charge >= 0.3 is 0 Å². The van der Waals surface area contributed by atoms with Gasteiger partial charge in [0.2, 0.25) is 6.41 Å². The lowest BCUT2D eigenvalue weighted by Crippen LogP contribution is -2.51. The van der Waals surface area contributed by atoms with Crippen LogP contribution >= 0.6 is 23.2 Å². The van der Waals surface area contributed by atoms with E-state index in [0.717, 1.165) is 62.9 Å². The number of likely N-dealkylation sites (tertiary alicyclic amines) is 2. The molecule has 1 atom stereocenters. The lowest BCUT2D eigenvalue weighted by atomic mass is 9.76. The molecule has 0 spiro atoms. The van der Waals surface area contributed by atoms with Crippen molar-refractivity contribution in [1.82, 2.24) is 35.7 Å². The summed E-state index contributed by atoms with van der Waals surface area (Å²) in [7, 11) is 1.56. The first-order valence-electron chi connectivity index (χ1n) is 15.0. The van der Waals surface area contributed by atoms with Gasteiger partial charge in [-0.2, -0.15) is 0 Å². The molecular weight excluding hydrogens is 613 g/mol. The molecule has 0 saturated carbocycles. The molecule has 3 heterocycles.